The Kier molecular flexibility index (Phi) is 5.94. The van der Waals surface area contributed by atoms with Crippen molar-refractivity contribution < 1.29 is 13.2 Å². The van der Waals surface area contributed by atoms with Crippen LogP contribution in [0.25, 0.3) is 6.08 Å². The van der Waals surface area contributed by atoms with Crippen molar-refractivity contribution in [2.45, 2.75) is 0 Å². The smallest absolute Gasteiger partial charge is 0.131 e. The lowest BCUT2D eigenvalue weighted by Gasteiger charge is -2.06. The monoisotopic (exact) mass is 386 g/mol. The molecule has 0 bridgehead atoms. The van der Waals surface area contributed by atoms with Crippen molar-refractivity contribution in [1.29, 1.82) is 0 Å². The molecule has 0 heterocycles. The lowest BCUT2D eigenvalue weighted by Crippen LogP contribution is -2.02. The van der Waals surface area contributed by atoms with Crippen LogP contribution >= 0.6 is 11.6 Å². The molecule has 1 N–H and O–H groups in total. The summed E-state index contributed by atoms with van der Waals surface area (Å²) in [6, 6.07) is 15.7. The summed E-state index contributed by atoms with van der Waals surface area (Å²) >= 11 is 6.04. The van der Waals surface area contributed by atoms with Crippen LogP contribution in [0.15, 0.2) is 77.9 Å². The van der Waals surface area contributed by atoms with E-state index in [1.807, 2.05) is 0 Å². The van der Waals surface area contributed by atoms with Crippen molar-refractivity contribution in [3.8, 4) is 0 Å². The van der Waals surface area contributed by atoms with Crippen LogP contribution in [0.4, 0.5) is 18.9 Å². The van der Waals surface area contributed by atoms with E-state index in [1.165, 1.54) is 54.6 Å². The molecule has 3 rings (SSSR count). The zero-order valence-electron chi connectivity index (χ0n) is 14.0. The molecule has 0 aromatic heterocycles. The standard InChI is InChI=1S/C21H14ClF3N2/c22-19-2-1-3-20(25)18(19)12-13-21(14-4-6-15(23)7-5-14)27-26-17-10-8-16(24)9-11-17/h1-13,26H/b13-12+,27-21-. The predicted molar refractivity (Wildman–Crippen MR) is 103 cm³/mol. The van der Waals surface area contributed by atoms with E-state index in [-0.39, 0.29) is 22.2 Å². The molecule has 0 aliphatic carbocycles. The first-order valence-corrected chi connectivity index (χ1v) is 8.38. The zero-order chi connectivity index (χ0) is 19.2. The number of hydrogen-bond acceptors (Lipinski definition) is 2. The second-order valence-electron chi connectivity index (χ2n) is 5.59. The number of nitrogens with one attached hydrogen (secondary N) is 1. The summed E-state index contributed by atoms with van der Waals surface area (Å²) in [4.78, 5) is 0. The van der Waals surface area contributed by atoms with Crippen LogP contribution in [0.2, 0.25) is 5.02 Å². The van der Waals surface area contributed by atoms with Crippen LogP contribution in [-0.4, -0.2) is 5.71 Å². The Labute approximate surface area is 159 Å². The topological polar surface area (TPSA) is 24.4 Å². The number of benzene rings is 3. The van der Waals surface area contributed by atoms with E-state index < -0.39 is 5.82 Å². The van der Waals surface area contributed by atoms with Crippen molar-refractivity contribution in [3.63, 3.8) is 0 Å². The fourth-order valence-electron chi connectivity index (χ4n) is 2.30. The van der Waals surface area contributed by atoms with Gasteiger partial charge in [-0.05, 0) is 72.8 Å². The molecule has 0 atom stereocenters. The van der Waals surface area contributed by atoms with Crippen LogP contribution in [-0.2, 0) is 0 Å². The van der Waals surface area contributed by atoms with Crippen LogP contribution in [0, 0.1) is 17.5 Å². The zero-order valence-corrected chi connectivity index (χ0v) is 14.7. The van der Waals surface area contributed by atoms with Gasteiger partial charge in [0, 0.05) is 11.1 Å². The van der Waals surface area contributed by atoms with Gasteiger partial charge in [0.05, 0.1) is 16.4 Å². The maximum atomic E-state index is 14.0. The van der Waals surface area contributed by atoms with Gasteiger partial charge in [0.1, 0.15) is 17.5 Å². The van der Waals surface area contributed by atoms with Gasteiger partial charge in [0.2, 0.25) is 0 Å². The van der Waals surface area contributed by atoms with Crippen molar-refractivity contribution in [1.82, 2.24) is 0 Å². The van der Waals surface area contributed by atoms with Gasteiger partial charge in [-0.2, -0.15) is 5.10 Å². The summed E-state index contributed by atoms with van der Waals surface area (Å²) in [5.41, 5.74) is 4.60. The summed E-state index contributed by atoms with van der Waals surface area (Å²) < 4.78 is 40.2. The highest BCUT2D eigenvalue weighted by atomic mass is 35.5. The largest absolute Gasteiger partial charge is 0.278 e. The number of anilines is 1. The Balaban J connectivity index is 1.94. The van der Waals surface area contributed by atoms with Crippen LogP contribution in [0.1, 0.15) is 11.1 Å². The SMILES string of the molecule is Fc1ccc(N/N=C(/C=C/c2c(F)cccc2Cl)c2ccc(F)cc2)cc1. The van der Waals surface area contributed by atoms with Gasteiger partial charge in [0.25, 0.3) is 0 Å². The molecular weight excluding hydrogens is 373 g/mol. The number of allylic oxidation sites excluding steroid dienone is 1. The van der Waals surface area contributed by atoms with Gasteiger partial charge in [-0.15, -0.1) is 0 Å². The average Bonchev–Trinajstić information content (AvgIpc) is 2.66. The minimum atomic E-state index is -0.469. The number of nitrogens with zero attached hydrogens (tertiary/aromatic N) is 1. The molecule has 2 nitrogen and oxygen atoms in total. The van der Waals surface area contributed by atoms with Crippen LogP contribution < -0.4 is 5.43 Å². The molecule has 0 saturated heterocycles. The fourth-order valence-corrected chi connectivity index (χ4v) is 2.53. The summed E-state index contributed by atoms with van der Waals surface area (Å²) in [5.74, 6) is -1.22. The Morgan fingerprint density at radius 2 is 1.48 bits per heavy atom. The molecule has 27 heavy (non-hydrogen) atoms. The summed E-state index contributed by atoms with van der Waals surface area (Å²) in [7, 11) is 0. The lowest BCUT2D eigenvalue weighted by atomic mass is 10.1. The molecule has 0 aliphatic rings. The highest BCUT2D eigenvalue weighted by molar-refractivity contribution is 6.32. The van der Waals surface area contributed by atoms with Gasteiger partial charge in [-0.25, -0.2) is 13.2 Å². The fraction of sp³-hybridized carbons (Fsp3) is 0. The Morgan fingerprint density at radius 3 is 2.11 bits per heavy atom. The van der Waals surface area contributed by atoms with E-state index in [4.69, 9.17) is 11.6 Å². The maximum Gasteiger partial charge on any atom is 0.131 e. The molecule has 0 spiro atoms. The second kappa shape index (κ2) is 8.56. The van der Waals surface area contributed by atoms with Crippen molar-refractivity contribution in [3.05, 3.63) is 106 Å². The van der Waals surface area contributed by atoms with Gasteiger partial charge >= 0.3 is 0 Å². The van der Waals surface area contributed by atoms with E-state index in [1.54, 1.807) is 24.3 Å². The number of hydrogen-bond donors (Lipinski definition) is 1. The quantitative estimate of drug-likeness (QED) is 0.404. The first kappa shape index (κ1) is 18.7. The third-order valence-corrected chi connectivity index (χ3v) is 4.03. The molecule has 3 aromatic rings. The molecule has 3 aromatic carbocycles. The minimum Gasteiger partial charge on any atom is -0.278 e. The summed E-state index contributed by atoms with van der Waals surface area (Å²) in [5, 5.41) is 4.53. The Morgan fingerprint density at radius 1 is 0.852 bits per heavy atom. The Bertz CT molecular complexity index is 961. The van der Waals surface area contributed by atoms with Crippen molar-refractivity contribution in [2.75, 3.05) is 5.43 Å². The molecule has 0 amide bonds. The van der Waals surface area contributed by atoms with Crippen LogP contribution in [0.5, 0.6) is 0 Å². The normalized spacial score (nSPS) is 11.8. The maximum absolute atomic E-state index is 14.0. The lowest BCUT2D eigenvalue weighted by molar-refractivity contribution is 0.625. The number of hydrazone groups is 1. The Hall–Kier alpha value is -3.05. The highest BCUT2D eigenvalue weighted by Gasteiger charge is 2.06. The summed E-state index contributed by atoms with van der Waals surface area (Å²) in [6.45, 7) is 0. The third kappa shape index (κ3) is 4.99. The van der Waals surface area contributed by atoms with E-state index in [0.717, 1.165) is 0 Å². The molecular formula is C21H14ClF3N2. The first-order valence-electron chi connectivity index (χ1n) is 8.00. The molecule has 0 fully saturated rings. The molecule has 0 aliphatic heterocycles. The molecule has 0 unspecified atom stereocenters. The molecule has 0 radical (unpaired) electrons. The molecule has 0 saturated carbocycles. The summed E-state index contributed by atoms with van der Waals surface area (Å²) in [6.07, 6.45) is 3.06. The molecule has 136 valence electrons. The number of halogens is 4. The van der Waals surface area contributed by atoms with Crippen molar-refractivity contribution >= 4 is 29.1 Å². The van der Waals surface area contributed by atoms with Gasteiger partial charge in [-0.1, -0.05) is 17.7 Å². The minimum absolute atomic E-state index is 0.218. The van der Waals surface area contributed by atoms with Gasteiger partial charge < -0.3 is 0 Å². The molecule has 6 heteroatoms. The van der Waals surface area contributed by atoms with Crippen LogP contribution in [0.3, 0.4) is 0 Å². The highest BCUT2D eigenvalue weighted by Crippen LogP contribution is 2.21. The average molecular weight is 387 g/mol. The second-order valence-corrected chi connectivity index (χ2v) is 6.00. The van der Waals surface area contributed by atoms with E-state index in [9.17, 15) is 13.2 Å². The van der Waals surface area contributed by atoms with Gasteiger partial charge in [-0.3, -0.25) is 5.43 Å². The van der Waals surface area contributed by atoms with Gasteiger partial charge in [0.15, 0.2) is 0 Å². The van der Waals surface area contributed by atoms with E-state index in [0.29, 0.717) is 17.0 Å². The van der Waals surface area contributed by atoms with E-state index in [2.05, 4.69) is 10.5 Å². The van der Waals surface area contributed by atoms with E-state index >= 15 is 0 Å². The van der Waals surface area contributed by atoms with Crippen molar-refractivity contribution in [2.24, 2.45) is 5.10 Å². The third-order valence-electron chi connectivity index (χ3n) is 3.70. The predicted octanol–water partition coefficient (Wildman–Crippen LogP) is 6.29. The first-order chi connectivity index (χ1) is 13.0. The number of rotatable bonds is 5.